The Morgan fingerprint density at radius 3 is 3.09 bits per heavy atom. The van der Waals surface area contributed by atoms with Crippen LogP contribution in [0.1, 0.15) is 25.3 Å². The van der Waals surface area contributed by atoms with Gasteiger partial charge in [-0.2, -0.15) is 0 Å². The lowest BCUT2D eigenvalue weighted by atomic mass is 9.99. The van der Waals surface area contributed by atoms with Gasteiger partial charge in [-0.05, 0) is 38.5 Å². The first-order valence-corrected chi connectivity index (χ1v) is 7.72. The molecule has 1 saturated heterocycles. The monoisotopic (exact) mass is 302 g/mol. The number of fused-ring (bicyclic) bond motifs is 1. The summed E-state index contributed by atoms with van der Waals surface area (Å²) < 4.78 is 11.0. The summed E-state index contributed by atoms with van der Waals surface area (Å²) in [5.74, 6) is 1.37. The average molecular weight is 302 g/mol. The predicted octanol–water partition coefficient (Wildman–Crippen LogP) is 1.73. The molecular formula is C17H22N2O3. The van der Waals surface area contributed by atoms with E-state index < -0.39 is 0 Å². The van der Waals surface area contributed by atoms with Gasteiger partial charge < -0.3 is 20.1 Å². The SMILES string of the molecule is COc1cccc2c1OCC(C(=O)NC1CCNC(C)C1)=C2. The van der Waals surface area contributed by atoms with Crippen LogP contribution in [0, 0.1) is 0 Å². The van der Waals surface area contributed by atoms with Crippen molar-refractivity contribution in [3.05, 3.63) is 29.3 Å². The van der Waals surface area contributed by atoms with Crippen molar-refractivity contribution in [3.63, 3.8) is 0 Å². The summed E-state index contributed by atoms with van der Waals surface area (Å²) in [6, 6.07) is 6.36. The molecule has 3 rings (SSSR count). The highest BCUT2D eigenvalue weighted by Crippen LogP contribution is 2.35. The summed E-state index contributed by atoms with van der Waals surface area (Å²) in [7, 11) is 1.61. The molecular weight excluding hydrogens is 280 g/mol. The minimum atomic E-state index is -0.0347. The van der Waals surface area contributed by atoms with Crippen LogP contribution in [0.15, 0.2) is 23.8 Å². The minimum absolute atomic E-state index is 0.0347. The number of carbonyl (C=O) groups excluding carboxylic acids is 1. The van der Waals surface area contributed by atoms with Gasteiger partial charge in [-0.3, -0.25) is 4.79 Å². The van der Waals surface area contributed by atoms with Crippen LogP contribution in [0.25, 0.3) is 6.08 Å². The van der Waals surface area contributed by atoms with Crippen LogP contribution >= 0.6 is 0 Å². The third-order valence-electron chi connectivity index (χ3n) is 4.18. The normalized spacial score (nSPS) is 23.8. The van der Waals surface area contributed by atoms with E-state index in [2.05, 4.69) is 17.6 Å². The van der Waals surface area contributed by atoms with Crippen molar-refractivity contribution < 1.29 is 14.3 Å². The molecule has 2 unspecified atom stereocenters. The van der Waals surface area contributed by atoms with Gasteiger partial charge in [-0.1, -0.05) is 12.1 Å². The highest BCUT2D eigenvalue weighted by Gasteiger charge is 2.24. The van der Waals surface area contributed by atoms with Crippen molar-refractivity contribution in [1.82, 2.24) is 10.6 Å². The summed E-state index contributed by atoms with van der Waals surface area (Å²) in [5, 5.41) is 6.51. The Morgan fingerprint density at radius 1 is 1.45 bits per heavy atom. The topological polar surface area (TPSA) is 59.6 Å². The molecule has 2 aliphatic rings. The van der Waals surface area contributed by atoms with Crippen molar-refractivity contribution >= 4 is 12.0 Å². The van der Waals surface area contributed by atoms with Gasteiger partial charge in [0.05, 0.1) is 12.7 Å². The molecule has 2 N–H and O–H groups in total. The molecule has 0 aromatic heterocycles. The molecule has 2 aliphatic heterocycles. The van der Waals surface area contributed by atoms with Gasteiger partial charge in [-0.25, -0.2) is 0 Å². The fourth-order valence-electron chi connectivity index (χ4n) is 3.01. The summed E-state index contributed by atoms with van der Waals surface area (Å²) in [6.07, 6.45) is 3.82. The molecule has 0 bridgehead atoms. The number of ether oxygens (including phenoxy) is 2. The first-order chi connectivity index (χ1) is 10.7. The van der Waals surface area contributed by atoms with Gasteiger partial charge in [0.15, 0.2) is 11.5 Å². The summed E-state index contributed by atoms with van der Waals surface area (Å²) in [5.41, 5.74) is 1.54. The van der Waals surface area contributed by atoms with Crippen molar-refractivity contribution in [2.24, 2.45) is 0 Å². The Bertz CT molecular complexity index is 598. The second-order valence-corrected chi connectivity index (χ2v) is 5.89. The van der Waals surface area contributed by atoms with Gasteiger partial charge in [0.25, 0.3) is 5.91 Å². The number of hydrogen-bond acceptors (Lipinski definition) is 4. The van der Waals surface area contributed by atoms with Crippen LogP contribution in [-0.2, 0) is 4.79 Å². The molecule has 0 radical (unpaired) electrons. The van der Waals surface area contributed by atoms with E-state index in [9.17, 15) is 4.79 Å². The van der Waals surface area contributed by atoms with Crippen molar-refractivity contribution in [1.29, 1.82) is 0 Å². The lowest BCUT2D eigenvalue weighted by Gasteiger charge is -2.29. The van der Waals surface area contributed by atoms with Crippen LogP contribution in [0.2, 0.25) is 0 Å². The van der Waals surface area contributed by atoms with Crippen LogP contribution < -0.4 is 20.1 Å². The second kappa shape index (κ2) is 6.40. The quantitative estimate of drug-likeness (QED) is 0.893. The highest BCUT2D eigenvalue weighted by atomic mass is 16.5. The number of amides is 1. The predicted molar refractivity (Wildman–Crippen MR) is 85.1 cm³/mol. The van der Waals surface area contributed by atoms with E-state index in [0.29, 0.717) is 23.1 Å². The fourth-order valence-corrected chi connectivity index (χ4v) is 3.01. The highest BCUT2D eigenvalue weighted by molar-refractivity contribution is 5.99. The zero-order chi connectivity index (χ0) is 15.5. The Labute approximate surface area is 130 Å². The van der Waals surface area contributed by atoms with Gasteiger partial charge >= 0.3 is 0 Å². The lowest BCUT2D eigenvalue weighted by molar-refractivity contribution is -0.118. The van der Waals surface area contributed by atoms with Gasteiger partial charge in [0.1, 0.15) is 6.61 Å². The number of nitrogens with one attached hydrogen (secondary N) is 2. The molecule has 5 heteroatoms. The number of piperidine rings is 1. The first-order valence-electron chi connectivity index (χ1n) is 7.72. The maximum Gasteiger partial charge on any atom is 0.250 e. The Morgan fingerprint density at radius 2 is 2.32 bits per heavy atom. The minimum Gasteiger partial charge on any atom is -0.493 e. The average Bonchev–Trinajstić information content (AvgIpc) is 2.53. The number of hydrogen-bond donors (Lipinski definition) is 2. The van der Waals surface area contributed by atoms with Crippen molar-refractivity contribution in [2.75, 3.05) is 20.3 Å². The molecule has 0 aliphatic carbocycles. The maximum absolute atomic E-state index is 12.4. The third-order valence-corrected chi connectivity index (χ3v) is 4.18. The Hall–Kier alpha value is -2.01. The number of carbonyl (C=O) groups is 1. The first kappa shape index (κ1) is 14.9. The number of rotatable bonds is 3. The molecule has 5 nitrogen and oxygen atoms in total. The zero-order valence-corrected chi connectivity index (χ0v) is 13.0. The van der Waals surface area contributed by atoms with E-state index in [-0.39, 0.29) is 18.6 Å². The van der Waals surface area contributed by atoms with Crippen molar-refractivity contribution in [3.8, 4) is 11.5 Å². The molecule has 1 amide bonds. The molecule has 1 aromatic carbocycles. The molecule has 2 atom stereocenters. The molecule has 118 valence electrons. The summed E-state index contributed by atoms with van der Waals surface area (Å²) >= 11 is 0. The van der Waals surface area contributed by atoms with Gasteiger partial charge in [-0.15, -0.1) is 0 Å². The number of para-hydroxylation sites is 1. The summed E-state index contributed by atoms with van der Waals surface area (Å²) in [4.78, 5) is 12.4. The Kier molecular flexibility index (Phi) is 4.34. The number of benzene rings is 1. The summed E-state index contributed by atoms with van der Waals surface area (Å²) in [6.45, 7) is 3.37. The van der Waals surface area contributed by atoms with Crippen molar-refractivity contribution in [2.45, 2.75) is 31.8 Å². The molecule has 1 aromatic rings. The molecule has 22 heavy (non-hydrogen) atoms. The third kappa shape index (κ3) is 3.09. The van der Waals surface area contributed by atoms with Crippen LogP contribution in [0.5, 0.6) is 11.5 Å². The largest absolute Gasteiger partial charge is 0.493 e. The molecule has 1 fully saturated rings. The van der Waals surface area contributed by atoms with E-state index in [1.165, 1.54) is 0 Å². The maximum atomic E-state index is 12.4. The number of methoxy groups -OCH3 is 1. The molecule has 0 spiro atoms. The standard InChI is InChI=1S/C17H22N2O3/c1-11-8-14(6-7-18-11)19-17(20)13-9-12-4-3-5-15(21-2)16(12)22-10-13/h3-5,9,11,14,18H,6-8,10H2,1-2H3,(H,19,20). The smallest absolute Gasteiger partial charge is 0.250 e. The second-order valence-electron chi connectivity index (χ2n) is 5.89. The van der Waals surface area contributed by atoms with E-state index in [4.69, 9.17) is 9.47 Å². The molecule has 0 saturated carbocycles. The fraction of sp³-hybridized carbons (Fsp3) is 0.471. The van der Waals surface area contributed by atoms with Crippen LogP contribution in [0.3, 0.4) is 0 Å². The van der Waals surface area contributed by atoms with Crippen LogP contribution in [0.4, 0.5) is 0 Å². The van der Waals surface area contributed by atoms with E-state index in [1.54, 1.807) is 7.11 Å². The lowest BCUT2D eigenvalue weighted by Crippen LogP contribution is -2.47. The van der Waals surface area contributed by atoms with Gasteiger partial charge in [0.2, 0.25) is 0 Å². The Balaban J connectivity index is 1.72. The zero-order valence-electron chi connectivity index (χ0n) is 13.0. The van der Waals surface area contributed by atoms with E-state index in [0.717, 1.165) is 24.9 Å². The van der Waals surface area contributed by atoms with Gasteiger partial charge in [0, 0.05) is 17.6 Å². The molecule has 2 heterocycles. The van der Waals surface area contributed by atoms with Crippen LogP contribution in [-0.4, -0.2) is 38.3 Å². The van der Waals surface area contributed by atoms with E-state index >= 15 is 0 Å². The van der Waals surface area contributed by atoms with E-state index in [1.807, 2.05) is 24.3 Å².